The molecular formula is C26H38N2O3. The lowest BCUT2D eigenvalue weighted by atomic mass is 10.0. The van der Waals surface area contributed by atoms with E-state index >= 15 is 0 Å². The second-order valence-electron chi connectivity index (χ2n) is 7.91. The number of aryl methyl sites for hydroxylation is 1. The van der Waals surface area contributed by atoms with Gasteiger partial charge in [-0.05, 0) is 68.5 Å². The Kier molecular flexibility index (Phi) is 12.4. The lowest BCUT2D eigenvalue weighted by Gasteiger charge is -2.24. The van der Waals surface area contributed by atoms with Crippen molar-refractivity contribution in [3.8, 4) is 5.75 Å². The molecule has 0 fully saturated rings. The number of hydrogen-bond acceptors (Lipinski definition) is 4. The van der Waals surface area contributed by atoms with E-state index in [1.54, 1.807) is 12.4 Å². The van der Waals surface area contributed by atoms with E-state index in [4.69, 9.17) is 9.57 Å². The van der Waals surface area contributed by atoms with Gasteiger partial charge in [-0.1, -0.05) is 50.7 Å². The number of carbonyl (C=O) groups excluding carboxylic acids is 1. The Morgan fingerprint density at radius 2 is 1.52 bits per heavy atom. The number of amides is 1. The predicted molar refractivity (Wildman–Crippen MR) is 125 cm³/mol. The molecule has 0 saturated carbocycles. The maximum atomic E-state index is 11.3. The number of benzene rings is 1. The lowest BCUT2D eigenvalue weighted by Crippen LogP contribution is -2.26. The zero-order valence-corrected chi connectivity index (χ0v) is 19.2. The van der Waals surface area contributed by atoms with Crippen molar-refractivity contribution in [2.45, 2.75) is 77.7 Å². The minimum atomic E-state index is -0.108. The first kappa shape index (κ1) is 24.9. The summed E-state index contributed by atoms with van der Waals surface area (Å²) in [5, 5.41) is 1.40. The molecule has 0 aliphatic rings. The highest BCUT2D eigenvalue weighted by Gasteiger charge is 2.14. The second-order valence-corrected chi connectivity index (χ2v) is 7.91. The molecule has 0 N–H and O–H groups in total. The van der Waals surface area contributed by atoms with Crippen LogP contribution >= 0.6 is 0 Å². The highest BCUT2D eigenvalue weighted by Crippen LogP contribution is 2.19. The largest absolute Gasteiger partial charge is 0.494 e. The van der Waals surface area contributed by atoms with Crippen molar-refractivity contribution in [3.05, 3.63) is 59.9 Å². The normalized spacial score (nSPS) is 11.8. The van der Waals surface area contributed by atoms with Crippen LogP contribution in [0.2, 0.25) is 0 Å². The molecule has 31 heavy (non-hydrogen) atoms. The average Bonchev–Trinajstić information content (AvgIpc) is 2.81. The van der Waals surface area contributed by atoms with Crippen molar-refractivity contribution in [1.29, 1.82) is 0 Å². The summed E-state index contributed by atoms with van der Waals surface area (Å²) in [5.74, 6) is 0.957. The van der Waals surface area contributed by atoms with Crippen LogP contribution in [0.3, 0.4) is 0 Å². The molecule has 1 amide bonds. The standard InChI is InChI=1S/C26H38N2O3/c1-3-30-26-15-13-24(14-16-26)12-10-8-6-4-5-7-9-11-21-31-28(22-29)23(2)25-17-19-27-20-18-25/h13-20,22-23H,3-12,21H2,1-2H3. The molecule has 0 radical (unpaired) electrons. The first-order chi connectivity index (χ1) is 15.2. The van der Waals surface area contributed by atoms with Crippen molar-refractivity contribution in [2.24, 2.45) is 0 Å². The maximum Gasteiger partial charge on any atom is 0.233 e. The molecule has 170 valence electrons. The van der Waals surface area contributed by atoms with Crippen LogP contribution in [0, 0.1) is 0 Å². The van der Waals surface area contributed by atoms with E-state index in [2.05, 4.69) is 29.2 Å². The van der Waals surface area contributed by atoms with Gasteiger partial charge in [0.25, 0.3) is 0 Å². The highest BCUT2D eigenvalue weighted by atomic mass is 16.7. The van der Waals surface area contributed by atoms with Gasteiger partial charge in [0.15, 0.2) is 0 Å². The summed E-state index contributed by atoms with van der Waals surface area (Å²) in [7, 11) is 0. The minimum Gasteiger partial charge on any atom is -0.494 e. The Morgan fingerprint density at radius 1 is 0.903 bits per heavy atom. The fourth-order valence-corrected chi connectivity index (χ4v) is 3.60. The van der Waals surface area contributed by atoms with Crippen molar-refractivity contribution in [2.75, 3.05) is 13.2 Å². The van der Waals surface area contributed by atoms with E-state index in [-0.39, 0.29) is 6.04 Å². The molecule has 1 heterocycles. The van der Waals surface area contributed by atoms with Gasteiger partial charge in [0.1, 0.15) is 5.75 Å². The van der Waals surface area contributed by atoms with Crippen LogP contribution in [0.1, 0.15) is 82.4 Å². The van der Waals surface area contributed by atoms with Crippen LogP contribution in [0.15, 0.2) is 48.8 Å². The Labute approximate surface area is 187 Å². The molecule has 5 nitrogen and oxygen atoms in total. The maximum absolute atomic E-state index is 11.3. The molecule has 5 heteroatoms. The molecule has 2 rings (SSSR count). The topological polar surface area (TPSA) is 51.7 Å². The van der Waals surface area contributed by atoms with E-state index in [0.717, 1.165) is 43.6 Å². The van der Waals surface area contributed by atoms with Crippen molar-refractivity contribution in [3.63, 3.8) is 0 Å². The summed E-state index contributed by atoms with van der Waals surface area (Å²) in [6.07, 6.45) is 15.1. The minimum absolute atomic E-state index is 0.108. The smallest absolute Gasteiger partial charge is 0.233 e. The van der Waals surface area contributed by atoms with E-state index in [9.17, 15) is 4.79 Å². The van der Waals surface area contributed by atoms with Gasteiger partial charge in [-0.3, -0.25) is 14.6 Å². The van der Waals surface area contributed by atoms with Crippen LogP contribution in [0.5, 0.6) is 5.75 Å². The van der Waals surface area contributed by atoms with E-state index < -0.39 is 0 Å². The van der Waals surface area contributed by atoms with E-state index in [1.807, 2.05) is 26.0 Å². The number of hydrogen-bond donors (Lipinski definition) is 0. The van der Waals surface area contributed by atoms with E-state index in [0.29, 0.717) is 6.61 Å². The summed E-state index contributed by atoms with van der Waals surface area (Å²) >= 11 is 0. The summed E-state index contributed by atoms with van der Waals surface area (Å²) in [5.41, 5.74) is 2.41. The summed E-state index contributed by atoms with van der Waals surface area (Å²) in [6, 6.07) is 12.2. The number of rotatable bonds is 17. The van der Waals surface area contributed by atoms with Crippen molar-refractivity contribution < 1.29 is 14.4 Å². The molecule has 0 aliphatic heterocycles. The number of aromatic nitrogens is 1. The molecule has 1 aromatic heterocycles. The molecule has 0 aliphatic carbocycles. The third-order valence-corrected chi connectivity index (χ3v) is 5.51. The molecule has 0 saturated heterocycles. The monoisotopic (exact) mass is 426 g/mol. The van der Waals surface area contributed by atoms with Crippen LogP contribution in [0.4, 0.5) is 0 Å². The third-order valence-electron chi connectivity index (χ3n) is 5.51. The van der Waals surface area contributed by atoms with Gasteiger partial charge >= 0.3 is 0 Å². The first-order valence-corrected chi connectivity index (χ1v) is 11.7. The van der Waals surface area contributed by atoms with Gasteiger partial charge in [-0.15, -0.1) is 0 Å². The Morgan fingerprint density at radius 3 is 2.13 bits per heavy atom. The molecule has 2 aromatic rings. The number of nitrogens with zero attached hydrogens (tertiary/aromatic N) is 2. The van der Waals surface area contributed by atoms with Crippen LogP contribution in [-0.2, 0) is 16.1 Å². The predicted octanol–water partition coefficient (Wildman–Crippen LogP) is 6.29. The highest BCUT2D eigenvalue weighted by molar-refractivity contribution is 5.46. The van der Waals surface area contributed by atoms with Crippen LogP contribution in [-0.4, -0.2) is 29.7 Å². The summed E-state index contributed by atoms with van der Waals surface area (Å²) in [6.45, 7) is 5.26. The number of pyridine rings is 1. The number of unbranched alkanes of at least 4 members (excludes halogenated alkanes) is 7. The number of hydroxylamine groups is 2. The molecule has 1 unspecified atom stereocenters. The number of ether oxygens (including phenoxy) is 1. The van der Waals surface area contributed by atoms with Gasteiger partial charge in [-0.25, -0.2) is 5.06 Å². The fourth-order valence-electron chi connectivity index (χ4n) is 3.60. The zero-order valence-electron chi connectivity index (χ0n) is 19.2. The Balaban J connectivity index is 1.44. The van der Waals surface area contributed by atoms with Gasteiger partial charge in [-0.2, -0.15) is 0 Å². The van der Waals surface area contributed by atoms with Crippen molar-refractivity contribution >= 4 is 6.41 Å². The lowest BCUT2D eigenvalue weighted by molar-refractivity contribution is -0.186. The van der Waals surface area contributed by atoms with Crippen LogP contribution < -0.4 is 4.74 Å². The fraction of sp³-hybridized carbons (Fsp3) is 0.538. The van der Waals surface area contributed by atoms with Gasteiger partial charge in [0.05, 0.1) is 19.3 Å². The second kappa shape index (κ2) is 15.4. The van der Waals surface area contributed by atoms with Crippen LogP contribution in [0.25, 0.3) is 0 Å². The molecule has 1 atom stereocenters. The SMILES string of the molecule is CCOc1ccc(CCCCCCCCCCON(C=O)C(C)c2ccncc2)cc1. The summed E-state index contributed by atoms with van der Waals surface area (Å²) < 4.78 is 5.48. The van der Waals surface area contributed by atoms with Gasteiger partial charge in [0.2, 0.25) is 6.41 Å². The third kappa shape index (κ3) is 9.97. The molecule has 0 bridgehead atoms. The molecule has 0 spiro atoms. The number of carbonyl (C=O) groups is 1. The molecular weight excluding hydrogens is 388 g/mol. The summed E-state index contributed by atoms with van der Waals surface area (Å²) in [4.78, 5) is 21.0. The zero-order chi connectivity index (χ0) is 22.2. The van der Waals surface area contributed by atoms with E-state index in [1.165, 1.54) is 49.2 Å². The first-order valence-electron chi connectivity index (χ1n) is 11.7. The average molecular weight is 427 g/mol. The van der Waals surface area contributed by atoms with Gasteiger partial charge < -0.3 is 4.74 Å². The Hall–Kier alpha value is -2.40. The molecule has 1 aromatic carbocycles. The quantitative estimate of drug-likeness (QED) is 0.169. The Bertz CT molecular complexity index is 706. The van der Waals surface area contributed by atoms with Gasteiger partial charge in [0, 0.05) is 12.4 Å². The van der Waals surface area contributed by atoms with Crippen molar-refractivity contribution in [1.82, 2.24) is 10.0 Å².